The number of carboxylic acid groups (broad SMARTS) is 1. The van der Waals surface area contributed by atoms with Crippen molar-refractivity contribution in [3.8, 4) is 16.9 Å². The normalized spacial score (nSPS) is 12.1. The highest BCUT2D eigenvalue weighted by Crippen LogP contribution is 2.37. The molecule has 0 aliphatic rings. The van der Waals surface area contributed by atoms with Crippen molar-refractivity contribution in [3.05, 3.63) is 82.6 Å². The number of nitrogens with one attached hydrogen (secondary N) is 2. The summed E-state index contributed by atoms with van der Waals surface area (Å²) in [6, 6.07) is 13.4. The molecule has 0 unspecified atom stereocenters. The number of aliphatic carboxylic acids is 1. The van der Waals surface area contributed by atoms with Crippen LogP contribution in [0.1, 0.15) is 48.5 Å². The van der Waals surface area contributed by atoms with Gasteiger partial charge in [0.2, 0.25) is 0 Å². The standard InChI is InChI=1S/C29H29ClF4N2O4/c1-2-3-4-21(36-20-8-5-18(6-9-20)28(39)35-14-13-27(37)38)17-40-22-10-12-24(26(31)16-22)23-11-7-19(15-25(23)30)29(32,33)34/h5-12,15-16,21,36H,2-4,13-14,17H2,1H3,(H,35,39)(H,37,38)/t21-/m0/s1. The maximum Gasteiger partial charge on any atom is 0.416 e. The van der Waals surface area contributed by atoms with Gasteiger partial charge in [0.05, 0.1) is 18.0 Å². The van der Waals surface area contributed by atoms with Crippen molar-refractivity contribution in [1.29, 1.82) is 0 Å². The van der Waals surface area contributed by atoms with Crippen LogP contribution in [0, 0.1) is 5.82 Å². The maximum absolute atomic E-state index is 14.9. The Balaban J connectivity index is 1.64. The highest BCUT2D eigenvalue weighted by atomic mass is 35.5. The molecule has 1 atom stereocenters. The molecule has 3 aromatic carbocycles. The first-order chi connectivity index (χ1) is 19.0. The lowest BCUT2D eigenvalue weighted by atomic mass is 10.0. The number of alkyl halides is 3. The van der Waals surface area contributed by atoms with E-state index in [-0.39, 0.29) is 53.4 Å². The highest BCUT2D eigenvalue weighted by Gasteiger charge is 2.31. The predicted octanol–water partition coefficient (Wildman–Crippen LogP) is 7.42. The average Bonchev–Trinajstić information content (AvgIpc) is 2.90. The van der Waals surface area contributed by atoms with E-state index in [1.807, 2.05) is 0 Å². The van der Waals surface area contributed by atoms with Gasteiger partial charge in [-0.25, -0.2) is 4.39 Å². The Kier molecular flexibility index (Phi) is 10.8. The second kappa shape index (κ2) is 14.0. The maximum atomic E-state index is 14.9. The van der Waals surface area contributed by atoms with Gasteiger partial charge in [-0.3, -0.25) is 9.59 Å². The number of carbonyl (C=O) groups excluding carboxylic acids is 1. The summed E-state index contributed by atoms with van der Waals surface area (Å²) in [5.41, 5.74) is 0.409. The number of unbranched alkanes of at least 4 members (excludes halogenated alkanes) is 1. The van der Waals surface area contributed by atoms with Crippen molar-refractivity contribution in [1.82, 2.24) is 5.32 Å². The Morgan fingerprint density at radius 1 is 1.02 bits per heavy atom. The van der Waals surface area contributed by atoms with Gasteiger partial charge in [0.15, 0.2) is 0 Å². The minimum Gasteiger partial charge on any atom is -0.491 e. The minimum atomic E-state index is -4.55. The molecule has 0 aliphatic carbocycles. The van der Waals surface area contributed by atoms with Crippen LogP contribution >= 0.6 is 11.6 Å². The minimum absolute atomic E-state index is 0.0313. The Bertz CT molecular complexity index is 1320. The molecule has 0 fully saturated rings. The molecule has 0 aromatic heterocycles. The number of anilines is 1. The van der Waals surface area contributed by atoms with Crippen molar-refractivity contribution >= 4 is 29.2 Å². The fraction of sp³-hybridized carbons (Fsp3) is 0.310. The fourth-order valence-electron chi connectivity index (χ4n) is 3.90. The number of carboxylic acids is 1. The molecule has 0 saturated heterocycles. The van der Waals surface area contributed by atoms with Gasteiger partial charge in [-0.2, -0.15) is 13.2 Å². The molecule has 0 aliphatic heterocycles. The third-order valence-electron chi connectivity index (χ3n) is 6.03. The number of hydrogen-bond donors (Lipinski definition) is 3. The van der Waals surface area contributed by atoms with Crippen molar-refractivity contribution in [2.75, 3.05) is 18.5 Å². The van der Waals surface area contributed by atoms with Crippen LogP contribution < -0.4 is 15.4 Å². The summed E-state index contributed by atoms with van der Waals surface area (Å²) in [4.78, 5) is 22.7. The molecular weight excluding hydrogens is 552 g/mol. The van der Waals surface area contributed by atoms with Gasteiger partial charge in [0, 0.05) is 40.0 Å². The quantitative estimate of drug-likeness (QED) is 0.183. The number of amides is 1. The van der Waals surface area contributed by atoms with Gasteiger partial charge in [-0.1, -0.05) is 37.4 Å². The first-order valence-corrected chi connectivity index (χ1v) is 13.0. The summed E-state index contributed by atoms with van der Waals surface area (Å²) < 4.78 is 59.5. The molecule has 0 heterocycles. The molecule has 3 rings (SSSR count). The van der Waals surface area contributed by atoms with E-state index >= 15 is 0 Å². The average molecular weight is 581 g/mol. The summed E-state index contributed by atoms with van der Waals surface area (Å²) in [7, 11) is 0. The molecule has 0 saturated carbocycles. The Labute approximate surface area is 234 Å². The number of halogens is 5. The second-order valence-electron chi connectivity index (χ2n) is 9.11. The Morgan fingerprint density at radius 2 is 1.73 bits per heavy atom. The topological polar surface area (TPSA) is 87.7 Å². The number of carbonyl (C=O) groups is 2. The zero-order valence-electron chi connectivity index (χ0n) is 21.7. The van der Waals surface area contributed by atoms with Gasteiger partial charge < -0.3 is 20.5 Å². The van der Waals surface area contributed by atoms with E-state index < -0.39 is 23.5 Å². The summed E-state index contributed by atoms with van der Waals surface area (Å²) >= 11 is 6.02. The molecule has 0 spiro atoms. The van der Waals surface area contributed by atoms with Crippen LogP contribution in [-0.2, 0) is 11.0 Å². The molecule has 0 radical (unpaired) electrons. The van der Waals surface area contributed by atoms with Crippen LogP contribution in [0.25, 0.3) is 11.1 Å². The Morgan fingerprint density at radius 3 is 2.33 bits per heavy atom. The second-order valence-corrected chi connectivity index (χ2v) is 9.51. The smallest absolute Gasteiger partial charge is 0.416 e. The molecule has 40 heavy (non-hydrogen) atoms. The van der Waals surface area contributed by atoms with Crippen LogP contribution in [0.2, 0.25) is 5.02 Å². The van der Waals surface area contributed by atoms with Gasteiger partial charge in [-0.15, -0.1) is 0 Å². The van der Waals surface area contributed by atoms with E-state index in [9.17, 15) is 27.2 Å². The molecule has 3 aromatic rings. The molecule has 3 N–H and O–H groups in total. The summed E-state index contributed by atoms with van der Waals surface area (Å²) in [6.07, 6.45) is -2.11. The van der Waals surface area contributed by atoms with E-state index in [0.717, 1.165) is 49.2 Å². The number of benzene rings is 3. The first-order valence-electron chi connectivity index (χ1n) is 12.6. The Hall–Kier alpha value is -3.79. The van der Waals surface area contributed by atoms with Gasteiger partial charge in [-0.05, 0) is 55.0 Å². The first kappa shape index (κ1) is 30.7. The summed E-state index contributed by atoms with van der Waals surface area (Å²) in [5, 5.41) is 14.4. The van der Waals surface area contributed by atoms with E-state index in [2.05, 4.69) is 17.6 Å². The zero-order chi connectivity index (χ0) is 29.3. The van der Waals surface area contributed by atoms with Gasteiger partial charge >= 0.3 is 12.1 Å². The molecule has 214 valence electrons. The fourth-order valence-corrected chi connectivity index (χ4v) is 4.18. The number of ether oxygens (including phenoxy) is 1. The van der Waals surface area contributed by atoms with E-state index in [0.29, 0.717) is 5.56 Å². The molecule has 11 heteroatoms. The predicted molar refractivity (Wildman–Crippen MR) is 145 cm³/mol. The zero-order valence-corrected chi connectivity index (χ0v) is 22.4. The van der Waals surface area contributed by atoms with E-state index in [4.69, 9.17) is 21.4 Å². The van der Waals surface area contributed by atoms with E-state index in [1.54, 1.807) is 24.3 Å². The lowest BCUT2D eigenvalue weighted by molar-refractivity contribution is -0.138. The largest absolute Gasteiger partial charge is 0.491 e. The van der Waals surface area contributed by atoms with Crippen LogP contribution in [0.15, 0.2) is 60.7 Å². The number of hydrogen-bond acceptors (Lipinski definition) is 4. The summed E-state index contributed by atoms with van der Waals surface area (Å²) in [6.45, 7) is 2.29. The van der Waals surface area contributed by atoms with Crippen LogP contribution in [-0.4, -0.2) is 36.2 Å². The van der Waals surface area contributed by atoms with Gasteiger partial charge in [0.25, 0.3) is 5.91 Å². The van der Waals surface area contributed by atoms with Crippen molar-refractivity contribution in [2.45, 2.75) is 44.8 Å². The van der Waals surface area contributed by atoms with Gasteiger partial charge in [0.1, 0.15) is 18.2 Å². The van der Waals surface area contributed by atoms with Crippen LogP contribution in [0.3, 0.4) is 0 Å². The van der Waals surface area contributed by atoms with Crippen molar-refractivity contribution in [2.24, 2.45) is 0 Å². The SMILES string of the molecule is CCCC[C@@H](COc1ccc(-c2ccc(C(F)(F)F)cc2Cl)c(F)c1)Nc1ccc(C(=O)NCCC(=O)O)cc1. The van der Waals surface area contributed by atoms with Crippen molar-refractivity contribution < 1.29 is 37.0 Å². The third-order valence-corrected chi connectivity index (χ3v) is 6.34. The van der Waals surface area contributed by atoms with Crippen molar-refractivity contribution in [3.63, 3.8) is 0 Å². The molecular formula is C29H29ClF4N2O4. The molecule has 6 nitrogen and oxygen atoms in total. The molecule has 1 amide bonds. The van der Waals surface area contributed by atoms with Crippen LogP contribution in [0.4, 0.5) is 23.2 Å². The van der Waals surface area contributed by atoms with Crippen LogP contribution in [0.5, 0.6) is 5.75 Å². The van der Waals surface area contributed by atoms with E-state index in [1.165, 1.54) is 12.1 Å². The lowest BCUT2D eigenvalue weighted by Crippen LogP contribution is -2.27. The highest BCUT2D eigenvalue weighted by molar-refractivity contribution is 6.33. The third kappa shape index (κ3) is 8.87. The summed E-state index contributed by atoms with van der Waals surface area (Å²) in [5.74, 6) is -1.81. The monoisotopic (exact) mass is 580 g/mol. The lowest BCUT2D eigenvalue weighted by Gasteiger charge is -2.21. The number of rotatable bonds is 13. The molecule has 0 bridgehead atoms.